The lowest BCUT2D eigenvalue weighted by Gasteiger charge is -2.29. The molecule has 20 heavy (non-hydrogen) atoms. The van der Waals surface area contributed by atoms with Crippen LogP contribution in [-0.4, -0.2) is 57.1 Å². The van der Waals surface area contributed by atoms with Crippen molar-refractivity contribution in [2.75, 3.05) is 20.3 Å². The zero-order valence-corrected chi connectivity index (χ0v) is 12.7. The summed E-state index contributed by atoms with van der Waals surface area (Å²) in [5, 5.41) is 43.3. The van der Waals surface area contributed by atoms with Crippen molar-refractivity contribution in [3.63, 3.8) is 0 Å². The zero-order chi connectivity index (χ0) is 15.5. The van der Waals surface area contributed by atoms with E-state index >= 15 is 0 Å². The Morgan fingerprint density at radius 1 is 0.600 bits per heavy atom. The van der Waals surface area contributed by atoms with Gasteiger partial charge in [0.2, 0.25) is 0 Å². The smallest absolute Gasteiger partial charge is 0.0877 e. The van der Waals surface area contributed by atoms with Crippen LogP contribution in [0.15, 0.2) is 0 Å². The van der Waals surface area contributed by atoms with E-state index in [0.717, 1.165) is 58.5 Å². The molecule has 0 bridgehead atoms. The van der Waals surface area contributed by atoms with Gasteiger partial charge in [0.1, 0.15) is 0 Å². The molecule has 0 aliphatic heterocycles. The summed E-state index contributed by atoms with van der Waals surface area (Å²) < 4.78 is 0. The third kappa shape index (κ3) is 7.55. The van der Waals surface area contributed by atoms with E-state index < -0.39 is 11.2 Å². The molecule has 0 saturated heterocycles. The van der Waals surface area contributed by atoms with Crippen LogP contribution in [0.25, 0.3) is 0 Å². The molecule has 122 valence electrons. The molecule has 2 saturated carbocycles. The van der Waals surface area contributed by atoms with Crippen LogP contribution in [0, 0.1) is 0 Å². The first-order chi connectivity index (χ1) is 9.54. The molecule has 0 aromatic carbocycles. The van der Waals surface area contributed by atoms with Gasteiger partial charge < -0.3 is 25.5 Å². The van der Waals surface area contributed by atoms with Crippen molar-refractivity contribution in [3.8, 4) is 0 Å². The maximum absolute atomic E-state index is 9.43. The minimum atomic E-state index is -0.724. The van der Waals surface area contributed by atoms with E-state index in [9.17, 15) is 10.2 Å². The Morgan fingerprint density at radius 2 is 0.850 bits per heavy atom. The van der Waals surface area contributed by atoms with Crippen LogP contribution in [0.3, 0.4) is 0 Å². The molecule has 0 heterocycles. The highest BCUT2D eigenvalue weighted by Crippen LogP contribution is 2.27. The Labute approximate surface area is 122 Å². The van der Waals surface area contributed by atoms with Crippen molar-refractivity contribution in [2.45, 2.75) is 75.4 Å². The highest BCUT2D eigenvalue weighted by atomic mass is 16.3. The predicted octanol–water partition coefficient (Wildman–Crippen LogP) is 0.956. The van der Waals surface area contributed by atoms with Gasteiger partial charge in [-0.2, -0.15) is 0 Å². The van der Waals surface area contributed by atoms with Crippen molar-refractivity contribution in [1.82, 2.24) is 0 Å². The van der Waals surface area contributed by atoms with Crippen molar-refractivity contribution in [1.29, 1.82) is 0 Å². The molecule has 0 radical (unpaired) electrons. The molecule has 2 aliphatic rings. The van der Waals surface area contributed by atoms with Gasteiger partial charge in [-0.05, 0) is 25.7 Å². The first-order valence-electron chi connectivity index (χ1n) is 7.65. The molecule has 0 unspecified atom stereocenters. The molecule has 2 aliphatic carbocycles. The Bertz CT molecular complexity index is 196. The molecule has 0 atom stereocenters. The minimum Gasteiger partial charge on any atom is -0.400 e. The summed E-state index contributed by atoms with van der Waals surface area (Å²) in [5.74, 6) is 0. The van der Waals surface area contributed by atoms with Crippen molar-refractivity contribution < 1.29 is 25.5 Å². The summed E-state index contributed by atoms with van der Waals surface area (Å²) in [6.45, 7) is -0.125. The molecule has 5 nitrogen and oxygen atoms in total. The molecule has 2 fully saturated rings. The zero-order valence-electron chi connectivity index (χ0n) is 12.7. The monoisotopic (exact) mass is 292 g/mol. The topological polar surface area (TPSA) is 101 Å². The minimum absolute atomic E-state index is 0.0625. The highest BCUT2D eigenvalue weighted by molar-refractivity contribution is 4.81. The molecular formula is C15H32O5. The summed E-state index contributed by atoms with van der Waals surface area (Å²) in [7, 11) is 1.00. The van der Waals surface area contributed by atoms with E-state index in [-0.39, 0.29) is 13.2 Å². The van der Waals surface area contributed by atoms with E-state index in [2.05, 4.69) is 0 Å². The van der Waals surface area contributed by atoms with E-state index in [1.807, 2.05) is 0 Å². The normalized spacial score (nSPS) is 23.7. The predicted molar refractivity (Wildman–Crippen MR) is 78.4 cm³/mol. The molecular weight excluding hydrogens is 260 g/mol. The van der Waals surface area contributed by atoms with E-state index in [4.69, 9.17) is 15.3 Å². The van der Waals surface area contributed by atoms with Crippen LogP contribution >= 0.6 is 0 Å². The fraction of sp³-hybridized carbons (Fsp3) is 1.00. The SMILES string of the molecule is CO.OCC1(O)CCCCC1.OCC1(O)CCCCC1. The van der Waals surface area contributed by atoms with Gasteiger partial charge >= 0.3 is 0 Å². The van der Waals surface area contributed by atoms with E-state index in [0.29, 0.717) is 0 Å². The Hall–Kier alpha value is -0.200. The van der Waals surface area contributed by atoms with Gasteiger partial charge in [0.05, 0.1) is 24.4 Å². The van der Waals surface area contributed by atoms with Crippen molar-refractivity contribution in [3.05, 3.63) is 0 Å². The second-order valence-corrected chi connectivity index (χ2v) is 5.89. The molecule has 0 aromatic rings. The van der Waals surface area contributed by atoms with Crippen LogP contribution in [0.4, 0.5) is 0 Å². The first kappa shape index (κ1) is 19.8. The quantitative estimate of drug-likeness (QED) is 0.522. The largest absolute Gasteiger partial charge is 0.400 e. The molecule has 0 amide bonds. The van der Waals surface area contributed by atoms with Crippen LogP contribution in [0.5, 0.6) is 0 Å². The van der Waals surface area contributed by atoms with Gasteiger partial charge in [0.25, 0.3) is 0 Å². The van der Waals surface area contributed by atoms with Crippen molar-refractivity contribution in [2.24, 2.45) is 0 Å². The molecule has 5 heteroatoms. The van der Waals surface area contributed by atoms with Gasteiger partial charge in [-0.15, -0.1) is 0 Å². The van der Waals surface area contributed by atoms with Gasteiger partial charge in [-0.3, -0.25) is 0 Å². The van der Waals surface area contributed by atoms with Crippen molar-refractivity contribution >= 4 is 0 Å². The van der Waals surface area contributed by atoms with Gasteiger partial charge in [-0.1, -0.05) is 38.5 Å². The fourth-order valence-corrected chi connectivity index (χ4v) is 2.74. The summed E-state index contributed by atoms with van der Waals surface area (Å²) in [6.07, 6.45) is 9.81. The van der Waals surface area contributed by atoms with E-state index in [1.165, 1.54) is 12.8 Å². The summed E-state index contributed by atoms with van der Waals surface area (Å²) in [5.41, 5.74) is -1.45. The van der Waals surface area contributed by atoms with E-state index in [1.54, 1.807) is 0 Å². The molecule has 5 N–H and O–H groups in total. The number of rotatable bonds is 2. The number of hydrogen-bond acceptors (Lipinski definition) is 5. The third-order valence-corrected chi connectivity index (χ3v) is 4.16. The Kier molecular flexibility index (Phi) is 10.4. The lowest BCUT2D eigenvalue weighted by Crippen LogP contribution is -2.35. The standard InChI is InChI=1S/2C7H14O2.CH4O/c2*8-6-7(9)4-2-1-3-5-7;1-2/h2*8-9H,1-6H2;2H,1H3. The highest BCUT2D eigenvalue weighted by Gasteiger charge is 2.28. The lowest BCUT2D eigenvalue weighted by atomic mass is 9.86. The maximum atomic E-state index is 9.43. The summed E-state index contributed by atoms with van der Waals surface area (Å²) in [6, 6.07) is 0. The third-order valence-electron chi connectivity index (χ3n) is 4.16. The molecule has 2 rings (SSSR count). The number of hydrogen-bond donors (Lipinski definition) is 5. The second-order valence-electron chi connectivity index (χ2n) is 5.89. The molecule has 0 spiro atoms. The van der Waals surface area contributed by atoms with Crippen LogP contribution in [0.1, 0.15) is 64.2 Å². The second kappa shape index (κ2) is 10.5. The van der Waals surface area contributed by atoms with Gasteiger partial charge in [-0.25, -0.2) is 0 Å². The summed E-state index contributed by atoms with van der Waals surface area (Å²) >= 11 is 0. The van der Waals surface area contributed by atoms with Gasteiger partial charge in [0.15, 0.2) is 0 Å². The van der Waals surface area contributed by atoms with Gasteiger partial charge in [0, 0.05) is 7.11 Å². The lowest BCUT2D eigenvalue weighted by molar-refractivity contribution is -0.0421. The Morgan fingerprint density at radius 3 is 1.00 bits per heavy atom. The number of aliphatic hydroxyl groups excluding tert-OH is 3. The Balaban J connectivity index is 0.000000321. The van der Waals surface area contributed by atoms with Crippen LogP contribution < -0.4 is 0 Å². The molecule has 0 aromatic heterocycles. The summed E-state index contributed by atoms with van der Waals surface area (Å²) in [4.78, 5) is 0. The average Bonchev–Trinajstić information content (AvgIpc) is 2.51. The maximum Gasteiger partial charge on any atom is 0.0877 e. The van der Waals surface area contributed by atoms with Crippen LogP contribution in [-0.2, 0) is 0 Å². The number of aliphatic hydroxyl groups is 5. The fourth-order valence-electron chi connectivity index (χ4n) is 2.74. The first-order valence-corrected chi connectivity index (χ1v) is 7.65. The average molecular weight is 292 g/mol. The van der Waals surface area contributed by atoms with Crippen LogP contribution in [0.2, 0.25) is 0 Å².